The van der Waals surface area contributed by atoms with Crippen LogP contribution in [0.15, 0.2) is 30.4 Å². The third-order valence-electron chi connectivity index (χ3n) is 8.69. The lowest BCUT2D eigenvalue weighted by atomic mass is 10.0. The van der Waals surface area contributed by atoms with E-state index in [1.807, 2.05) is 6.07 Å². The van der Waals surface area contributed by atoms with Crippen molar-refractivity contribution in [2.45, 2.75) is 194 Å². The Morgan fingerprint density at radius 1 is 0.524 bits per heavy atom. The summed E-state index contributed by atoms with van der Waals surface area (Å²) in [5, 5.41) is 0. The Kier molecular flexibility index (Phi) is 28.3. The lowest BCUT2D eigenvalue weighted by Gasteiger charge is -2.11. The molecule has 0 unspecified atom stereocenters. The molecule has 1 rings (SSSR count). The smallest absolute Gasteiger partial charge is 0.153 e. The molecule has 0 amide bonds. The van der Waals surface area contributed by atoms with Crippen LogP contribution in [-0.2, 0) is 6.42 Å². The first-order valence-corrected chi connectivity index (χ1v) is 18.7. The molecule has 0 fully saturated rings. The summed E-state index contributed by atoms with van der Waals surface area (Å²) in [5.41, 5.74) is 1.99. The zero-order valence-corrected chi connectivity index (χ0v) is 28.3. The summed E-state index contributed by atoms with van der Waals surface area (Å²) < 4.78 is 6.07. The van der Waals surface area contributed by atoms with Crippen LogP contribution in [0.1, 0.15) is 203 Å². The zero-order valence-electron chi connectivity index (χ0n) is 28.3. The maximum Gasteiger partial charge on any atom is 0.153 e. The van der Waals surface area contributed by atoms with E-state index >= 15 is 0 Å². The van der Waals surface area contributed by atoms with Gasteiger partial charge in [0.2, 0.25) is 0 Å². The highest BCUT2D eigenvalue weighted by Crippen LogP contribution is 2.22. The van der Waals surface area contributed by atoms with E-state index in [1.54, 1.807) is 0 Å². The summed E-state index contributed by atoms with van der Waals surface area (Å²) in [7, 11) is 0. The van der Waals surface area contributed by atoms with E-state index in [0.29, 0.717) is 12.2 Å². The van der Waals surface area contributed by atoms with Gasteiger partial charge in [0, 0.05) is 0 Å². The van der Waals surface area contributed by atoms with Crippen LogP contribution in [0.2, 0.25) is 0 Å². The van der Waals surface area contributed by atoms with Crippen molar-refractivity contribution in [2.24, 2.45) is 0 Å². The number of allylic oxidation sites excluding steroid dienone is 2. The fraction of sp³-hybridized carbons (Fsp3) is 0.775. The van der Waals surface area contributed by atoms with Gasteiger partial charge >= 0.3 is 0 Å². The Bertz CT molecular complexity index is 737. The molecule has 42 heavy (non-hydrogen) atoms. The second-order valence-corrected chi connectivity index (χ2v) is 12.8. The first-order chi connectivity index (χ1) is 20.8. The van der Waals surface area contributed by atoms with Crippen molar-refractivity contribution in [2.75, 3.05) is 6.61 Å². The van der Waals surface area contributed by atoms with Crippen molar-refractivity contribution in [3.63, 3.8) is 0 Å². The largest absolute Gasteiger partial charge is 0.493 e. The molecule has 0 radical (unpaired) electrons. The Balaban J connectivity index is 2.01. The number of carbonyl (C=O) groups is 1. The van der Waals surface area contributed by atoms with Crippen LogP contribution < -0.4 is 4.74 Å². The maximum atomic E-state index is 11.5. The number of aryl methyl sites for hydroxylation is 1. The standard InChI is InChI=1S/C40H70O2/c1-3-5-7-9-11-13-15-17-18-19-21-23-25-27-29-31-35-42-40-36-38(33-34-39(40)37-41)32-30-28-26-24-22-20-16-14-12-10-8-6-4-2/h17-18,33-34,36-37H,3-16,19-32,35H2,1-2H3/b18-17-. The predicted molar refractivity (Wildman–Crippen MR) is 186 cm³/mol. The summed E-state index contributed by atoms with van der Waals surface area (Å²) >= 11 is 0. The average Bonchev–Trinajstić information content (AvgIpc) is 3.01. The number of hydrogen-bond donors (Lipinski definition) is 0. The SMILES string of the molecule is CCCCCCCC/C=C\CCCCCCCCOc1cc(CCCCCCCCCCCCCCC)ccc1C=O. The molecule has 0 spiro atoms. The summed E-state index contributed by atoms with van der Waals surface area (Å²) in [4.78, 5) is 11.5. The fourth-order valence-corrected chi connectivity index (χ4v) is 5.84. The van der Waals surface area contributed by atoms with Gasteiger partial charge in [0.05, 0.1) is 12.2 Å². The van der Waals surface area contributed by atoms with Crippen LogP contribution in [-0.4, -0.2) is 12.9 Å². The normalized spacial score (nSPS) is 11.5. The minimum absolute atomic E-state index is 0.689. The highest BCUT2D eigenvalue weighted by atomic mass is 16.5. The molecule has 0 saturated carbocycles. The Labute approximate surface area is 262 Å². The summed E-state index contributed by atoms with van der Waals surface area (Å²) in [5.74, 6) is 0.782. The van der Waals surface area contributed by atoms with Crippen molar-refractivity contribution in [1.82, 2.24) is 0 Å². The van der Waals surface area contributed by atoms with Gasteiger partial charge < -0.3 is 4.74 Å². The van der Waals surface area contributed by atoms with Gasteiger partial charge in [-0.25, -0.2) is 0 Å². The average molecular weight is 583 g/mol. The van der Waals surface area contributed by atoms with E-state index in [9.17, 15) is 4.79 Å². The first-order valence-electron chi connectivity index (χ1n) is 18.7. The highest BCUT2D eigenvalue weighted by molar-refractivity contribution is 5.79. The molecule has 0 saturated heterocycles. The van der Waals surface area contributed by atoms with Crippen molar-refractivity contribution in [3.8, 4) is 5.75 Å². The quantitative estimate of drug-likeness (QED) is 0.0480. The third-order valence-corrected chi connectivity index (χ3v) is 8.69. The van der Waals surface area contributed by atoms with Gasteiger partial charge in [-0.15, -0.1) is 0 Å². The Hall–Kier alpha value is -1.57. The van der Waals surface area contributed by atoms with E-state index in [1.165, 1.54) is 173 Å². The molecule has 1 aromatic carbocycles. The Morgan fingerprint density at radius 3 is 1.43 bits per heavy atom. The van der Waals surface area contributed by atoms with Crippen LogP contribution >= 0.6 is 0 Å². The number of benzene rings is 1. The maximum absolute atomic E-state index is 11.5. The van der Waals surface area contributed by atoms with Crippen molar-refractivity contribution < 1.29 is 9.53 Å². The lowest BCUT2D eigenvalue weighted by Crippen LogP contribution is -2.01. The molecule has 2 nitrogen and oxygen atoms in total. The van der Waals surface area contributed by atoms with Gasteiger partial charge in [0.1, 0.15) is 5.75 Å². The van der Waals surface area contributed by atoms with Gasteiger partial charge in [0.15, 0.2) is 6.29 Å². The van der Waals surface area contributed by atoms with E-state index in [0.717, 1.165) is 24.9 Å². The van der Waals surface area contributed by atoms with Crippen LogP contribution in [0.4, 0.5) is 0 Å². The molecule has 242 valence electrons. The van der Waals surface area contributed by atoms with E-state index in [4.69, 9.17) is 4.74 Å². The molecular formula is C40H70O2. The fourth-order valence-electron chi connectivity index (χ4n) is 5.84. The van der Waals surface area contributed by atoms with Gasteiger partial charge in [-0.3, -0.25) is 4.79 Å². The highest BCUT2D eigenvalue weighted by Gasteiger charge is 2.05. The third kappa shape index (κ3) is 23.9. The summed E-state index contributed by atoms with van der Waals surface area (Å²) in [6.07, 6.45) is 43.2. The predicted octanol–water partition coefficient (Wildman–Crippen LogP) is 13.5. The molecule has 0 aliphatic rings. The van der Waals surface area contributed by atoms with E-state index < -0.39 is 0 Å². The number of aldehydes is 1. The Morgan fingerprint density at radius 2 is 0.952 bits per heavy atom. The lowest BCUT2D eigenvalue weighted by molar-refractivity contribution is 0.111. The number of hydrogen-bond acceptors (Lipinski definition) is 2. The van der Waals surface area contributed by atoms with Gasteiger partial charge in [-0.1, -0.05) is 167 Å². The number of rotatable bonds is 32. The van der Waals surface area contributed by atoms with Gasteiger partial charge in [0.25, 0.3) is 0 Å². The molecule has 1 aromatic rings. The van der Waals surface area contributed by atoms with Crippen LogP contribution in [0.3, 0.4) is 0 Å². The van der Waals surface area contributed by atoms with Crippen molar-refractivity contribution >= 4 is 6.29 Å². The van der Waals surface area contributed by atoms with Crippen molar-refractivity contribution in [1.29, 1.82) is 0 Å². The first kappa shape index (κ1) is 38.5. The van der Waals surface area contributed by atoms with E-state index in [-0.39, 0.29) is 0 Å². The number of unbranched alkanes of at least 4 members (excludes halogenated alkanes) is 24. The van der Waals surface area contributed by atoms with Crippen LogP contribution in [0.25, 0.3) is 0 Å². The van der Waals surface area contributed by atoms with Crippen LogP contribution in [0, 0.1) is 0 Å². The van der Waals surface area contributed by atoms with E-state index in [2.05, 4.69) is 38.1 Å². The second-order valence-electron chi connectivity index (χ2n) is 12.8. The molecule has 0 aliphatic heterocycles. The van der Waals surface area contributed by atoms with Crippen molar-refractivity contribution in [3.05, 3.63) is 41.5 Å². The minimum Gasteiger partial charge on any atom is -0.493 e. The molecule has 0 N–H and O–H groups in total. The minimum atomic E-state index is 0.689. The molecule has 0 aliphatic carbocycles. The molecule has 0 bridgehead atoms. The number of carbonyl (C=O) groups excluding carboxylic acids is 1. The second kappa shape index (κ2) is 30.9. The number of ether oxygens (including phenoxy) is 1. The van der Waals surface area contributed by atoms with Crippen LogP contribution in [0.5, 0.6) is 5.75 Å². The summed E-state index contributed by atoms with van der Waals surface area (Å²) in [6.45, 7) is 5.28. The van der Waals surface area contributed by atoms with Gasteiger partial charge in [-0.2, -0.15) is 0 Å². The monoisotopic (exact) mass is 583 g/mol. The molecule has 0 heterocycles. The van der Waals surface area contributed by atoms with Gasteiger partial charge in [-0.05, 0) is 62.6 Å². The molecule has 2 heteroatoms. The molecular weight excluding hydrogens is 512 g/mol. The molecule has 0 atom stereocenters. The summed E-state index contributed by atoms with van der Waals surface area (Å²) in [6, 6.07) is 6.17. The topological polar surface area (TPSA) is 26.3 Å². The zero-order chi connectivity index (χ0) is 30.2. The molecule has 0 aromatic heterocycles.